The fraction of sp³-hybridized carbons (Fsp3) is 0.529. The van der Waals surface area contributed by atoms with Gasteiger partial charge in [0.1, 0.15) is 5.75 Å². The molecule has 1 rings (SSSR count). The van der Waals surface area contributed by atoms with Crippen LogP contribution in [0.25, 0.3) is 0 Å². The van der Waals surface area contributed by atoms with Crippen LogP contribution in [0.4, 0.5) is 0 Å². The molecule has 0 heterocycles. The lowest BCUT2D eigenvalue weighted by molar-refractivity contribution is 0.335. The number of aryl methyl sites for hydroxylation is 1. The third-order valence-electron chi connectivity index (χ3n) is 2.88. The molecule has 0 saturated carbocycles. The molecule has 0 amide bonds. The van der Waals surface area contributed by atoms with Gasteiger partial charge in [-0.1, -0.05) is 38.8 Å². The third kappa shape index (κ3) is 4.45. The van der Waals surface area contributed by atoms with Crippen molar-refractivity contribution in [3.8, 4) is 17.6 Å². The average molecular weight is 244 g/mol. The minimum Gasteiger partial charge on any atom is -0.494 e. The fourth-order valence-corrected chi connectivity index (χ4v) is 1.97. The molecule has 0 N–H and O–H groups in total. The van der Waals surface area contributed by atoms with Crippen molar-refractivity contribution in [1.82, 2.24) is 0 Å². The van der Waals surface area contributed by atoms with E-state index in [1.807, 2.05) is 6.92 Å². The number of rotatable bonds is 5. The van der Waals surface area contributed by atoms with Gasteiger partial charge < -0.3 is 4.74 Å². The first-order valence-corrected chi connectivity index (χ1v) is 6.94. The van der Waals surface area contributed by atoms with E-state index in [1.165, 1.54) is 11.1 Å². The molecule has 0 fully saturated rings. The standard InChI is InChI=1S/C17H24O/c1-5-8-9-14(4)12-16-13-15(6-2)10-11-17(16)18-7-3/h10-11,13-14H,5-7,12H2,1-4H3. The highest BCUT2D eigenvalue weighted by Crippen LogP contribution is 2.23. The van der Waals surface area contributed by atoms with Crippen LogP contribution >= 0.6 is 0 Å². The van der Waals surface area contributed by atoms with Crippen LogP contribution in [0.3, 0.4) is 0 Å². The van der Waals surface area contributed by atoms with E-state index in [0.29, 0.717) is 12.5 Å². The van der Waals surface area contributed by atoms with Crippen molar-refractivity contribution in [3.05, 3.63) is 29.3 Å². The molecule has 1 nitrogen and oxygen atoms in total. The summed E-state index contributed by atoms with van der Waals surface area (Å²) in [6.45, 7) is 9.19. The first-order chi connectivity index (χ1) is 8.71. The van der Waals surface area contributed by atoms with Crippen molar-refractivity contribution in [1.29, 1.82) is 0 Å². The Morgan fingerprint density at radius 1 is 1.22 bits per heavy atom. The van der Waals surface area contributed by atoms with Crippen molar-refractivity contribution in [2.24, 2.45) is 5.92 Å². The van der Waals surface area contributed by atoms with E-state index in [9.17, 15) is 0 Å². The van der Waals surface area contributed by atoms with Gasteiger partial charge in [-0.3, -0.25) is 0 Å². The molecule has 0 aliphatic heterocycles. The Morgan fingerprint density at radius 2 is 2.00 bits per heavy atom. The lowest BCUT2D eigenvalue weighted by Crippen LogP contribution is -2.02. The highest BCUT2D eigenvalue weighted by molar-refractivity contribution is 5.38. The smallest absolute Gasteiger partial charge is 0.122 e. The van der Waals surface area contributed by atoms with Gasteiger partial charge in [0.2, 0.25) is 0 Å². The molecule has 0 bridgehead atoms. The molecular weight excluding hydrogens is 220 g/mol. The second-order valence-electron chi connectivity index (χ2n) is 4.51. The molecule has 0 radical (unpaired) electrons. The van der Waals surface area contributed by atoms with E-state index < -0.39 is 0 Å². The monoisotopic (exact) mass is 244 g/mol. The Hall–Kier alpha value is -1.42. The number of hydrogen-bond acceptors (Lipinski definition) is 1. The second kappa shape index (κ2) is 7.82. The van der Waals surface area contributed by atoms with Crippen LogP contribution in [-0.2, 0) is 12.8 Å². The summed E-state index contributed by atoms with van der Waals surface area (Å²) in [7, 11) is 0. The first kappa shape index (κ1) is 14.6. The summed E-state index contributed by atoms with van der Waals surface area (Å²) in [6.07, 6.45) is 2.96. The van der Waals surface area contributed by atoms with E-state index in [2.05, 4.69) is 50.8 Å². The summed E-state index contributed by atoms with van der Waals surface area (Å²) in [6, 6.07) is 6.50. The van der Waals surface area contributed by atoms with Crippen molar-refractivity contribution in [2.75, 3.05) is 6.61 Å². The van der Waals surface area contributed by atoms with Crippen LogP contribution in [0.1, 0.15) is 45.2 Å². The van der Waals surface area contributed by atoms with Crippen LogP contribution in [0, 0.1) is 17.8 Å². The van der Waals surface area contributed by atoms with Crippen molar-refractivity contribution in [3.63, 3.8) is 0 Å². The summed E-state index contributed by atoms with van der Waals surface area (Å²) in [5.74, 6) is 7.84. The fourth-order valence-electron chi connectivity index (χ4n) is 1.97. The highest BCUT2D eigenvalue weighted by atomic mass is 16.5. The molecule has 1 heteroatoms. The van der Waals surface area contributed by atoms with Crippen LogP contribution in [0.15, 0.2) is 18.2 Å². The van der Waals surface area contributed by atoms with Crippen LogP contribution in [0.5, 0.6) is 5.75 Å². The first-order valence-electron chi connectivity index (χ1n) is 6.94. The largest absolute Gasteiger partial charge is 0.494 e. The molecule has 1 unspecified atom stereocenters. The molecule has 0 aliphatic carbocycles. The second-order valence-corrected chi connectivity index (χ2v) is 4.51. The van der Waals surface area contributed by atoms with Gasteiger partial charge in [0, 0.05) is 12.3 Å². The number of ether oxygens (including phenoxy) is 1. The summed E-state index contributed by atoms with van der Waals surface area (Å²) in [4.78, 5) is 0. The lowest BCUT2D eigenvalue weighted by Gasteiger charge is -2.13. The van der Waals surface area contributed by atoms with Gasteiger partial charge in [0.05, 0.1) is 6.61 Å². The van der Waals surface area contributed by atoms with E-state index in [0.717, 1.165) is 25.0 Å². The van der Waals surface area contributed by atoms with Crippen molar-refractivity contribution < 1.29 is 4.74 Å². The zero-order valence-corrected chi connectivity index (χ0v) is 12.0. The molecule has 18 heavy (non-hydrogen) atoms. The van der Waals surface area contributed by atoms with Crippen molar-refractivity contribution in [2.45, 2.75) is 47.0 Å². The normalized spacial score (nSPS) is 11.6. The topological polar surface area (TPSA) is 9.23 Å². The predicted octanol–water partition coefficient (Wildman–Crippen LogP) is 4.24. The molecule has 98 valence electrons. The summed E-state index contributed by atoms with van der Waals surface area (Å²) < 4.78 is 5.69. The summed E-state index contributed by atoms with van der Waals surface area (Å²) >= 11 is 0. The molecular formula is C17H24O. The Labute approximate surface area is 112 Å². The minimum atomic E-state index is 0.385. The van der Waals surface area contributed by atoms with E-state index >= 15 is 0 Å². The average Bonchev–Trinajstić information content (AvgIpc) is 2.38. The maximum Gasteiger partial charge on any atom is 0.122 e. The summed E-state index contributed by atoms with van der Waals surface area (Å²) in [5.41, 5.74) is 2.65. The molecule has 1 aromatic carbocycles. The molecule has 0 aromatic heterocycles. The van der Waals surface area contributed by atoms with Gasteiger partial charge in [0.15, 0.2) is 0 Å². The Kier molecular flexibility index (Phi) is 6.36. The molecule has 0 aliphatic rings. The zero-order chi connectivity index (χ0) is 13.4. The van der Waals surface area contributed by atoms with Crippen LogP contribution < -0.4 is 4.74 Å². The maximum atomic E-state index is 5.69. The molecule has 1 atom stereocenters. The lowest BCUT2D eigenvalue weighted by atomic mass is 9.98. The SMILES string of the molecule is CCC#CC(C)Cc1cc(CC)ccc1OCC. The molecule has 1 aromatic rings. The Balaban J connectivity index is 2.89. The quantitative estimate of drug-likeness (QED) is 0.704. The number of hydrogen-bond donors (Lipinski definition) is 0. The molecule has 0 saturated heterocycles. The molecule has 0 spiro atoms. The van der Waals surface area contributed by atoms with Gasteiger partial charge in [-0.05, 0) is 37.0 Å². The van der Waals surface area contributed by atoms with Gasteiger partial charge in [0.25, 0.3) is 0 Å². The van der Waals surface area contributed by atoms with Crippen LogP contribution in [-0.4, -0.2) is 6.61 Å². The van der Waals surface area contributed by atoms with Gasteiger partial charge in [-0.2, -0.15) is 0 Å². The van der Waals surface area contributed by atoms with Gasteiger partial charge >= 0.3 is 0 Å². The van der Waals surface area contributed by atoms with Gasteiger partial charge in [-0.15, -0.1) is 5.92 Å². The highest BCUT2D eigenvalue weighted by Gasteiger charge is 2.08. The van der Waals surface area contributed by atoms with Crippen LogP contribution in [0.2, 0.25) is 0 Å². The zero-order valence-electron chi connectivity index (χ0n) is 12.0. The minimum absolute atomic E-state index is 0.385. The van der Waals surface area contributed by atoms with E-state index in [4.69, 9.17) is 4.74 Å². The maximum absolute atomic E-state index is 5.69. The van der Waals surface area contributed by atoms with E-state index in [1.54, 1.807) is 0 Å². The van der Waals surface area contributed by atoms with E-state index in [-0.39, 0.29) is 0 Å². The predicted molar refractivity (Wildman–Crippen MR) is 77.9 cm³/mol. The summed E-state index contributed by atoms with van der Waals surface area (Å²) in [5, 5.41) is 0. The van der Waals surface area contributed by atoms with Crippen molar-refractivity contribution >= 4 is 0 Å². The Bertz CT molecular complexity index is 423. The number of benzene rings is 1. The third-order valence-corrected chi connectivity index (χ3v) is 2.88. The van der Waals surface area contributed by atoms with Gasteiger partial charge in [-0.25, -0.2) is 0 Å². The Morgan fingerprint density at radius 3 is 2.61 bits per heavy atom.